The van der Waals surface area contributed by atoms with Crippen molar-refractivity contribution in [1.29, 1.82) is 0 Å². The number of nitrogens with two attached hydrogens (primary N) is 2. The molecule has 390 valence electrons. The van der Waals surface area contributed by atoms with Gasteiger partial charge in [0, 0.05) is 28.7 Å². The monoisotopic (exact) mass is 993 g/mol. The van der Waals surface area contributed by atoms with Gasteiger partial charge in [0.1, 0.15) is 34.5 Å². The second kappa shape index (κ2) is 14.6. The molecule has 6 N–H and O–H groups in total. The van der Waals surface area contributed by atoms with Crippen molar-refractivity contribution in [1.82, 2.24) is 0 Å². The van der Waals surface area contributed by atoms with E-state index in [1.165, 1.54) is 170 Å². The fraction of sp³-hybridized carbons (Fsp3) is 0.647. The second-order valence-corrected chi connectivity index (χ2v) is 31.4. The van der Waals surface area contributed by atoms with E-state index in [1.807, 2.05) is 12.1 Å². The molecule has 16 bridgehead atoms. The minimum Gasteiger partial charge on any atom is -0.506 e. The SMILES string of the molecule is CC12CC3CC(C)(C1)CC(C14CC5CC(C)(C1)C(c1ccc(Oc6ccc(N)c(O)c6)c(C67CC8CC(CC(C8)C6)C7)c1)(c1ccc(Oc6ccc(N)c(O)c6)c(C67CC8CC(CC(C8)C6)C7)c1)C(C)(C5)C4)(C3)C2. The lowest BCUT2D eigenvalue weighted by Gasteiger charge is -2.81. The van der Waals surface area contributed by atoms with E-state index in [9.17, 15) is 10.2 Å². The average molecular weight is 993 g/mol. The molecule has 6 heteroatoms. The Bertz CT molecular complexity index is 2780. The van der Waals surface area contributed by atoms with Crippen molar-refractivity contribution in [2.75, 3.05) is 11.5 Å². The van der Waals surface area contributed by atoms with Crippen LogP contribution >= 0.6 is 0 Å². The Kier molecular flexibility index (Phi) is 9.06. The van der Waals surface area contributed by atoms with Gasteiger partial charge in [0.15, 0.2) is 0 Å². The maximum Gasteiger partial charge on any atom is 0.142 e. The van der Waals surface area contributed by atoms with E-state index < -0.39 is 0 Å². The van der Waals surface area contributed by atoms with Crippen LogP contribution < -0.4 is 20.9 Å². The Morgan fingerprint density at radius 1 is 0.405 bits per heavy atom. The average Bonchev–Trinajstić information content (AvgIpc) is 3.31. The van der Waals surface area contributed by atoms with Crippen LogP contribution in [0.1, 0.15) is 198 Å². The largest absolute Gasteiger partial charge is 0.506 e. The maximum atomic E-state index is 10.9. The molecule has 4 atom stereocenters. The molecule has 0 aliphatic heterocycles. The van der Waals surface area contributed by atoms with Crippen LogP contribution in [0, 0.1) is 79.8 Å². The van der Waals surface area contributed by atoms with Gasteiger partial charge in [0.05, 0.1) is 11.4 Å². The minimum atomic E-state index is -0.263. The Morgan fingerprint density at radius 3 is 1.16 bits per heavy atom. The van der Waals surface area contributed by atoms with Gasteiger partial charge in [-0.2, -0.15) is 0 Å². The van der Waals surface area contributed by atoms with E-state index >= 15 is 0 Å². The lowest BCUT2D eigenvalue weighted by atomic mass is 9.23. The molecular weight excluding hydrogens is 909 g/mol. The second-order valence-electron chi connectivity index (χ2n) is 31.4. The molecule has 0 aromatic heterocycles. The topological polar surface area (TPSA) is 111 Å². The maximum absolute atomic E-state index is 10.9. The van der Waals surface area contributed by atoms with Gasteiger partial charge in [-0.3, -0.25) is 0 Å². The first kappa shape index (κ1) is 45.8. The van der Waals surface area contributed by atoms with Crippen LogP contribution in [-0.4, -0.2) is 10.2 Å². The van der Waals surface area contributed by atoms with E-state index in [0.29, 0.717) is 44.5 Å². The molecule has 16 saturated carbocycles. The molecule has 4 aromatic carbocycles. The van der Waals surface area contributed by atoms with Gasteiger partial charge in [0.2, 0.25) is 0 Å². The van der Waals surface area contributed by atoms with Crippen molar-refractivity contribution in [3.63, 3.8) is 0 Å². The standard InChI is InChI=1S/C68H84N2O4/c1-60-23-46-24-61(2,35-60)37-66(33-46,36-60)67-34-47-25-62(3,38-67)68(63(4,26-47)39-67,48-5-11-58(73-50-7-9-54(69)56(71)21-50)52(19-48)64-27-40-13-41(28-64)15-42(14-40)29-64)49-6-12-59(74-51-8-10-55(70)57(72)22-51)53(20-49)65-30-43-16-44(31-65)18-45(17-43)32-65/h5-12,19-22,40-47,71-72H,13-18,23-39,69-70H2,1-4H3. The molecule has 0 heterocycles. The molecule has 6 nitrogen and oxygen atoms in total. The van der Waals surface area contributed by atoms with Gasteiger partial charge in [-0.05, 0) is 286 Å². The normalized spacial score (nSPS) is 47.2. The summed E-state index contributed by atoms with van der Waals surface area (Å²) >= 11 is 0. The molecule has 74 heavy (non-hydrogen) atoms. The Balaban J connectivity index is 0.927. The number of aromatic hydroxyl groups is 2. The number of benzene rings is 4. The number of phenolic OH excluding ortho intramolecular Hbond substituents is 2. The van der Waals surface area contributed by atoms with E-state index in [0.717, 1.165) is 58.8 Å². The summed E-state index contributed by atoms with van der Waals surface area (Å²) < 4.78 is 14.3. The minimum absolute atomic E-state index is 0.0139. The van der Waals surface area contributed by atoms with Crippen molar-refractivity contribution < 1.29 is 19.7 Å². The van der Waals surface area contributed by atoms with Crippen LogP contribution in [0.25, 0.3) is 0 Å². The summed E-state index contributed by atoms with van der Waals surface area (Å²) in [6, 6.07) is 26.5. The molecule has 0 amide bonds. The first-order valence-electron chi connectivity index (χ1n) is 30.1. The van der Waals surface area contributed by atoms with Gasteiger partial charge in [0.25, 0.3) is 0 Å². The quantitative estimate of drug-likeness (QED) is 0.0982. The molecule has 20 rings (SSSR count). The zero-order valence-electron chi connectivity index (χ0n) is 45.2. The van der Waals surface area contributed by atoms with Gasteiger partial charge in [-0.15, -0.1) is 0 Å². The molecule has 0 spiro atoms. The van der Waals surface area contributed by atoms with E-state index in [1.54, 1.807) is 24.3 Å². The van der Waals surface area contributed by atoms with E-state index in [2.05, 4.69) is 64.1 Å². The van der Waals surface area contributed by atoms with Crippen LogP contribution in [-0.2, 0) is 16.2 Å². The zero-order chi connectivity index (χ0) is 50.2. The van der Waals surface area contributed by atoms with Gasteiger partial charge >= 0.3 is 0 Å². The van der Waals surface area contributed by atoms with Crippen molar-refractivity contribution >= 4 is 11.4 Å². The number of anilines is 2. The third-order valence-electron chi connectivity index (χ3n) is 25.7. The third kappa shape index (κ3) is 6.18. The van der Waals surface area contributed by atoms with Crippen molar-refractivity contribution in [3.05, 3.63) is 95.1 Å². The first-order valence-corrected chi connectivity index (χ1v) is 30.1. The van der Waals surface area contributed by atoms with Crippen LogP contribution in [0.2, 0.25) is 0 Å². The number of ether oxygens (including phenoxy) is 2. The van der Waals surface area contributed by atoms with Crippen LogP contribution in [0.15, 0.2) is 72.8 Å². The van der Waals surface area contributed by atoms with E-state index in [-0.39, 0.29) is 38.6 Å². The summed E-state index contributed by atoms with van der Waals surface area (Å²) in [5.41, 5.74) is 20.7. The summed E-state index contributed by atoms with van der Waals surface area (Å²) in [7, 11) is 0. The molecule has 16 aliphatic carbocycles. The highest BCUT2D eigenvalue weighted by Crippen LogP contribution is 2.86. The number of phenols is 2. The lowest BCUT2D eigenvalue weighted by Crippen LogP contribution is -2.74. The van der Waals surface area contributed by atoms with Crippen molar-refractivity contribution in [2.45, 2.75) is 192 Å². The molecule has 4 aromatic rings. The lowest BCUT2D eigenvalue weighted by molar-refractivity contribution is -0.284. The third-order valence-corrected chi connectivity index (χ3v) is 25.7. The van der Waals surface area contributed by atoms with Crippen LogP contribution in [0.5, 0.6) is 34.5 Å². The molecule has 16 aliphatic rings. The number of rotatable bonds is 9. The Morgan fingerprint density at radius 2 is 0.784 bits per heavy atom. The zero-order valence-corrected chi connectivity index (χ0v) is 45.2. The molecule has 16 fully saturated rings. The predicted octanol–water partition coefficient (Wildman–Crippen LogP) is 16.7. The van der Waals surface area contributed by atoms with Crippen molar-refractivity contribution in [2.24, 2.45) is 79.8 Å². The van der Waals surface area contributed by atoms with Crippen LogP contribution in [0.4, 0.5) is 11.4 Å². The van der Waals surface area contributed by atoms with E-state index in [4.69, 9.17) is 20.9 Å². The predicted molar refractivity (Wildman–Crippen MR) is 294 cm³/mol. The highest BCUT2D eigenvalue weighted by atomic mass is 16.5. The van der Waals surface area contributed by atoms with Gasteiger partial charge in [-0.25, -0.2) is 0 Å². The van der Waals surface area contributed by atoms with Crippen LogP contribution in [0.3, 0.4) is 0 Å². The summed E-state index contributed by atoms with van der Waals surface area (Å²) in [6.45, 7) is 11.1. The molecular formula is C68H84N2O4. The molecule has 0 radical (unpaired) electrons. The van der Waals surface area contributed by atoms with Gasteiger partial charge in [-0.1, -0.05) is 52.0 Å². The Hall–Kier alpha value is -4.32. The summed E-state index contributed by atoms with van der Waals surface area (Å²) in [4.78, 5) is 0. The van der Waals surface area contributed by atoms with Crippen molar-refractivity contribution in [3.8, 4) is 34.5 Å². The number of hydrogen-bond donors (Lipinski definition) is 4. The summed E-state index contributed by atoms with van der Waals surface area (Å²) in [5, 5.41) is 21.8. The smallest absolute Gasteiger partial charge is 0.142 e. The summed E-state index contributed by atoms with van der Waals surface area (Å²) in [5.74, 6) is 9.75. The highest BCUT2D eigenvalue weighted by molar-refractivity contribution is 5.61. The molecule has 0 saturated heterocycles. The fourth-order valence-corrected chi connectivity index (χ4v) is 26.2. The summed E-state index contributed by atoms with van der Waals surface area (Å²) in [6.07, 6.45) is 31.2. The molecule has 4 unspecified atom stereocenters. The fourth-order valence-electron chi connectivity index (χ4n) is 26.2. The number of hydrogen-bond acceptors (Lipinski definition) is 6. The first-order chi connectivity index (χ1) is 35.3. The highest BCUT2D eigenvalue weighted by Gasteiger charge is 2.78. The Labute approximate surface area is 441 Å². The van der Waals surface area contributed by atoms with Gasteiger partial charge < -0.3 is 31.2 Å². The number of nitrogen functional groups attached to an aromatic ring is 2.